The first-order valence-corrected chi connectivity index (χ1v) is 12.7. The summed E-state index contributed by atoms with van der Waals surface area (Å²) in [6.07, 6.45) is 0. The first-order valence-electron chi connectivity index (χ1n) is 6.95. The molecule has 104 valence electrons. The number of hydrogen-bond acceptors (Lipinski definition) is 3. The molecule has 0 bridgehead atoms. The molecule has 0 fully saturated rings. The Kier molecular flexibility index (Phi) is 7.17. The van der Waals surface area contributed by atoms with Crippen LogP contribution in [0.2, 0.25) is 26.2 Å². The molecule has 0 aromatic carbocycles. The van der Waals surface area contributed by atoms with E-state index in [0.29, 0.717) is 0 Å². The van der Waals surface area contributed by atoms with Crippen LogP contribution in [-0.2, 0) is 4.12 Å². The van der Waals surface area contributed by atoms with Crippen LogP contribution in [-0.4, -0.2) is 52.3 Å². The minimum Gasteiger partial charge on any atom is -0.433 e. The van der Waals surface area contributed by atoms with E-state index in [1.807, 2.05) is 0 Å². The molecule has 0 N–H and O–H groups in total. The molecule has 0 aliphatic rings. The largest absolute Gasteiger partial charge is 0.433 e. The average Bonchev–Trinajstić information content (AvgIpc) is 2.18. The van der Waals surface area contributed by atoms with Gasteiger partial charge < -0.3 is 13.2 Å². The smallest absolute Gasteiger partial charge is 0.255 e. The zero-order valence-corrected chi connectivity index (χ0v) is 15.1. The van der Waals surface area contributed by atoms with Crippen LogP contribution in [0, 0.1) is 0 Å². The Hall–Kier alpha value is 0.314. The molecule has 3 nitrogen and oxygen atoms in total. The van der Waals surface area contributed by atoms with Crippen molar-refractivity contribution >= 4 is 17.0 Å². The van der Waals surface area contributed by atoms with Crippen molar-refractivity contribution in [3.05, 3.63) is 0 Å². The van der Waals surface area contributed by atoms with Gasteiger partial charge >= 0.3 is 0 Å². The van der Waals surface area contributed by atoms with Crippen LogP contribution in [0.25, 0.3) is 0 Å². The summed E-state index contributed by atoms with van der Waals surface area (Å²) in [7, 11) is -3.42. The second-order valence-electron chi connectivity index (χ2n) is 5.34. The van der Waals surface area contributed by atoms with Gasteiger partial charge in [0.05, 0.1) is 0 Å². The molecule has 0 unspecified atom stereocenters. The van der Waals surface area contributed by atoms with Crippen LogP contribution >= 0.6 is 0 Å². The molecule has 0 aliphatic heterocycles. The van der Waals surface area contributed by atoms with E-state index in [0.717, 1.165) is 26.2 Å². The van der Waals surface area contributed by atoms with Gasteiger partial charge in [0, 0.05) is 0 Å². The van der Waals surface area contributed by atoms with Crippen molar-refractivity contribution in [3.63, 3.8) is 0 Å². The zero-order valence-electron chi connectivity index (χ0n) is 13.1. The lowest BCUT2D eigenvalue weighted by Crippen LogP contribution is -2.62. The van der Waals surface area contributed by atoms with Gasteiger partial charge in [-0.05, 0) is 52.4 Å². The summed E-state index contributed by atoms with van der Waals surface area (Å²) in [5.74, 6) is 0. The summed E-state index contributed by atoms with van der Waals surface area (Å²) in [5.41, 5.74) is 0. The molecule has 0 saturated heterocycles. The van der Waals surface area contributed by atoms with Gasteiger partial charge in [-0.15, -0.1) is 0 Å². The monoisotopic (exact) mass is 276 g/mol. The Balaban J connectivity index is 4.78. The molecule has 0 aromatic rings. The fraction of sp³-hybridized carbons (Fsp3) is 1.00. The van der Waals surface area contributed by atoms with Gasteiger partial charge in [-0.25, -0.2) is 0 Å². The molecule has 0 radical (unpaired) electrons. The summed E-state index contributed by atoms with van der Waals surface area (Å²) in [4.78, 5) is 0. The first-order chi connectivity index (χ1) is 7.75. The predicted molar refractivity (Wildman–Crippen MR) is 81.9 cm³/mol. The molecular formula is C12H32N2OSi2. The second kappa shape index (κ2) is 7.04. The highest BCUT2D eigenvalue weighted by Crippen LogP contribution is 2.20. The molecule has 5 heteroatoms. The summed E-state index contributed by atoms with van der Waals surface area (Å²) in [6.45, 7) is 22.6. The van der Waals surface area contributed by atoms with E-state index in [9.17, 15) is 0 Å². The van der Waals surface area contributed by atoms with Gasteiger partial charge in [-0.1, -0.05) is 27.7 Å². The third-order valence-corrected chi connectivity index (χ3v) is 11.9. The first kappa shape index (κ1) is 17.3. The van der Waals surface area contributed by atoms with Gasteiger partial charge in [0.25, 0.3) is 17.0 Å². The van der Waals surface area contributed by atoms with E-state index in [1.54, 1.807) is 0 Å². The van der Waals surface area contributed by atoms with E-state index in [2.05, 4.69) is 63.0 Å². The summed E-state index contributed by atoms with van der Waals surface area (Å²) >= 11 is 0. The van der Waals surface area contributed by atoms with Gasteiger partial charge in [0.15, 0.2) is 0 Å². The lowest BCUT2D eigenvalue weighted by atomic mass is 10.7. The average molecular weight is 277 g/mol. The van der Waals surface area contributed by atoms with E-state index in [1.165, 1.54) is 0 Å². The van der Waals surface area contributed by atoms with Crippen molar-refractivity contribution < 1.29 is 4.12 Å². The molecule has 0 saturated carbocycles. The number of rotatable bonds is 8. The van der Waals surface area contributed by atoms with Crippen molar-refractivity contribution in [2.45, 2.75) is 53.9 Å². The molecule has 0 rings (SSSR count). The van der Waals surface area contributed by atoms with Crippen molar-refractivity contribution in [3.8, 4) is 0 Å². The SMILES string of the molecule is CCN(CC)[Si](C)(C)O[Si](C)(C)N(CC)CC. The van der Waals surface area contributed by atoms with Gasteiger partial charge in [-0.3, -0.25) is 0 Å². The maximum Gasteiger partial charge on any atom is 0.255 e. The number of nitrogens with zero attached hydrogens (tertiary/aromatic N) is 2. The highest BCUT2D eigenvalue weighted by atomic mass is 28.4. The Morgan fingerprint density at radius 2 is 0.882 bits per heavy atom. The summed E-state index contributed by atoms with van der Waals surface area (Å²) in [5, 5.41) is 0. The lowest BCUT2D eigenvalue weighted by molar-refractivity contribution is 0.322. The van der Waals surface area contributed by atoms with Crippen LogP contribution in [0.1, 0.15) is 27.7 Å². The number of hydrogen-bond donors (Lipinski definition) is 0. The fourth-order valence-corrected chi connectivity index (χ4v) is 11.7. The van der Waals surface area contributed by atoms with E-state index in [4.69, 9.17) is 4.12 Å². The standard InChI is InChI=1S/C12H32N2OSi2/c1-9-13(10-2)16(5,6)15-17(7,8)14(11-3)12-4/h9-12H2,1-8H3. The molecule has 0 atom stereocenters. The van der Waals surface area contributed by atoms with Crippen molar-refractivity contribution in [1.82, 2.24) is 9.13 Å². The Bertz CT molecular complexity index is 193. The topological polar surface area (TPSA) is 15.7 Å². The van der Waals surface area contributed by atoms with Crippen LogP contribution in [0.4, 0.5) is 0 Å². The molecule has 0 heterocycles. The Morgan fingerprint density at radius 3 is 1.06 bits per heavy atom. The van der Waals surface area contributed by atoms with Gasteiger partial charge in [-0.2, -0.15) is 0 Å². The van der Waals surface area contributed by atoms with E-state index >= 15 is 0 Å². The molecule has 0 aliphatic carbocycles. The maximum atomic E-state index is 6.64. The molecular weight excluding hydrogens is 244 g/mol. The summed E-state index contributed by atoms with van der Waals surface area (Å²) in [6, 6.07) is 0. The van der Waals surface area contributed by atoms with Crippen LogP contribution in [0.15, 0.2) is 0 Å². The maximum absolute atomic E-state index is 6.64. The molecule has 0 aromatic heterocycles. The molecule has 0 spiro atoms. The molecule has 0 amide bonds. The van der Waals surface area contributed by atoms with Crippen molar-refractivity contribution in [2.75, 3.05) is 26.2 Å². The lowest BCUT2D eigenvalue weighted by Gasteiger charge is -2.44. The highest BCUT2D eigenvalue weighted by molar-refractivity contribution is 6.82. The van der Waals surface area contributed by atoms with Crippen molar-refractivity contribution in [2.24, 2.45) is 0 Å². The van der Waals surface area contributed by atoms with Crippen LogP contribution in [0.3, 0.4) is 0 Å². The zero-order chi connectivity index (χ0) is 13.7. The highest BCUT2D eigenvalue weighted by Gasteiger charge is 2.39. The van der Waals surface area contributed by atoms with Crippen LogP contribution in [0.5, 0.6) is 0 Å². The van der Waals surface area contributed by atoms with Crippen LogP contribution < -0.4 is 0 Å². The fourth-order valence-electron chi connectivity index (χ4n) is 2.71. The van der Waals surface area contributed by atoms with E-state index < -0.39 is 17.0 Å². The second-order valence-corrected chi connectivity index (χ2v) is 13.2. The quantitative estimate of drug-likeness (QED) is 0.634. The molecule has 17 heavy (non-hydrogen) atoms. The minimum atomic E-state index is -1.71. The van der Waals surface area contributed by atoms with Crippen molar-refractivity contribution in [1.29, 1.82) is 0 Å². The third-order valence-electron chi connectivity index (χ3n) is 3.55. The minimum absolute atomic E-state index is 1.10. The third kappa shape index (κ3) is 4.83. The summed E-state index contributed by atoms with van der Waals surface area (Å²) < 4.78 is 11.7. The van der Waals surface area contributed by atoms with Gasteiger partial charge in [0.1, 0.15) is 0 Å². The Labute approximate surface area is 111 Å². The van der Waals surface area contributed by atoms with Gasteiger partial charge in [0.2, 0.25) is 0 Å². The normalized spacial score (nSPS) is 13.8. The van der Waals surface area contributed by atoms with E-state index in [-0.39, 0.29) is 0 Å². The Morgan fingerprint density at radius 1 is 0.647 bits per heavy atom. The predicted octanol–water partition coefficient (Wildman–Crippen LogP) is 3.09.